The number of ether oxygens (including phenoxy) is 3. The van der Waals surface area contributed by atoms with E-state index in [1.807, 2.05) is 30.3 Å². The number of carbonyl (C=O) groups excluding carboxylic acids is 2. The molecule has 1 heterocycles. The number of benzene rings is 1. The van der Waals surface area contributed by atoms with Crippen LogP contribution in [0.5, 0.6) is 0 Å². The fourth-order valence-electron chi connectivity index (χ4n) is 2.69. The van der Waals surface area contributed by atoms with Crippen LogP contribution >= 0.6 is 0 Å². The Morgan fingerprint density at radius 2 is 1.96 bits per heavy atom. The first-order valence-corrected chi connectivity index (χ1v) is 8.96. The van der Waals surface area contributed by atoms with Gasteiger partial charge in [-0.3, -0.25) is 0 Å². The topological polar surface area (TPSA) is 77.1 Å². The van der Waals surface area contributed by atoms with Crippen molar-refractivity contribution >= 4 is 12.2 Å². The molecule has 0 aromatic heterocycles. The summed E-state index contributed by atoms with van der Waals surface area (Å²) in [6.45, 7) is 10.1. The Morgan fingerprint density at radius 3 is 2.59 bits per heavy atom. The molecular formula is C20H28N2O5. The molecule has 1 saturated heterocycles. The molecule has 148 valence electrons. The highest BCUT2D eigenvalue weighted by Crippen LogP contribution is 2.17. The van der Waals surface area contributed by atoms with Crippen LogP contribution in [0.25, 0.3) is 0 Å². The third kappa shape index (κ3) is 6.94. The van der Waals surface area contributed by atoms with E-state index < -0.39 is 17.8 Å². The van der Waals surface area contributed by atoms with Crippen LogP contribution < -0.4 is 5.32 Å². The van der Waals surface area contributed by atoms with Gasteiger partial charge in [-0.05, 0) is 26.3 Å². The highest BCUT2D eigenvalue weighted by atomic mass is 16.6. The number of hydrogen-bond donors (Lipinski definition) is 1. The van der Waals surface area contributed by atoms with E-state index in [0.29, 0.717) is 13.2 Å². The lowest BCUT2D eigenvalue weighted by Gasteiger charge is -2.23. The number of nitrogens with zero attached hydrogens (tertiary/aromatic N) is 1. The summed E-state index contributed by atoms with van der Waals surface area (Å²) < 4.78 is 16.4. The minimum absolute atomic E-state index is 0.193. The van der Waals surface area contributed by atoms with E-state index in [0.717, 1.165) is 5.56 Å². The second-order valence-electron chi connectivity index (χ2n) is 7.36. The zero-order chi connectivity index (χ0) is 19.9. The normalized spacial score (nSPS) is 19.4. The van der Waals surface area contributed by atoms with Gasteiger partial charge in [0.1, 0.15) is 12.2 Å². The van der Waals surface area contributed by atoms with Crippen molar-refractivity contribution in [3.8, 4) is 0 Å². The lowest BCUT2D eigenvalue weighted by molar-refractivity contribution is 0.0357. The van der Waals surface area contributed by atoms with Crippen molar-refractivity contribution in [2.45, 2.75) is 45.1 Å². The van der Waals surface area contributed by atoms with Crippen LogP contribution in [-0.4, -0.2) is 54.5 Å². The molecule has 1 aromatic carbocycles. The molecule has 1 aromatic rings. The van der Waals surface area contributed by atoms with Crippen LogP contribution in [0.2, 0.25) is 0 Å². The third-order valence-corrected chi connectivity index (χ3v) is 3.86. The van der Waals surface area contributed by atoms with Gasteiger partial charge >= 0.3 is 12.2 Å². The van der Waals surface area contributed by atoms with E-state index in [1.165, 1.54) is 4.90 Å². The number of alkyl carbamates (subject to hydrolysis) is 1. The Bertz CT molecular complexity index is 642. The van der Waals surface area contributed by atoms with Gasteiger partial charge in [0.15, 0.2) is 0 Å². The molecule has 27 heavy (non-hydrogen) atoms. The fraction of sp³-hybridized carbons (Fsp3) is 0.500. The summed E-state index contributed by atoms with van der Waals surface area (Å²) in [7, 11) is 0. The minimum atomic E-state index is -0.603. The van der Waals surface area contributed by atoms with Crippen LogP contribution in [-0.2, 0) is 20.8 Å². The Labute approximate surface area is 160 Å². The summed E-state index contributed by atoms with van der Waals surface area (Å²) in [4.78, 5) is 26.0. The first-order valence-electron chi connectivity index (χ1n) is 8.96. The minimum Gasteiger partial charge on any atom is -0.445 e. The Morgan fingerprint density at radius 1 is 1.26 bits per heavy atom. The van der Waals surface area contributed by atoms with Crippen molar-refractivity contribution in [3.63, 3.8) is 0 Å². The summed E-state index contributed by atoms with van der Waals surface area (Å²) in [5, 5.41) is 2.78. The van der Waals surface area contributed by atoms with Gasteiger partial charge in [-0.15, -0.1) is 6.58 Å². The molecule has 0 unspecified atom stereocenters. The highest BCUT2D eigenvalue weighted by Gasteiger charge is 2.38. The number of rotatable bonds is 6. The van der Waals surface area contributed by atoms with Gasteiger partial charge in [-0.2, -0.15) is 0 Å². The smallest absolute Gasteiger partial charge is 0.410 e. The number of amides is 2. The van der Waals surface area contributed by atoms with Crippen molar-refractivity contribution in [2.75, 3.05) is 19.7 Å². The van der Waals surface area contributed by atoms with E-state index in [2.05, 4.69) is 11.9 Å². The summed E-state index contributed by atoms with van der Waals surface area (Å²) in [6.07, 6.45) is 0.277. The zero-order valence-electron chi connectivity index (χ0n) is 16.1. The van der Waals surface area contributed by atoms with E-state index in [1.54, 1.807) is 26.8 Å². The van der Waals surface area contributed by atoms with Gasteiger partial charge in [0.2, 0.25) is 0 Å². The predicted octanol–water partition coefficient (Wildman–Crippen LogP) is 3.10. The van der Waals surface area contributed by atoms with Crippen LogP contribution in [0.3, 0.4) is 0 Å². The highest BCUT2D eigenvalue weighted by molar-refractivity contribution is 5.70. The molecule has 0 aliphatic carbocycles. The number of nitrogens with one attached hydrogen (secondary N) is 1. The van der Waals surface area contributed by atoms with E-state index in [-0.39, 0.29) is 25.3 Å². The lowest BCUT2D eigenvalue weighted by atomic mass is 10.2. The number of hydrogen-bond acceptors (Lipinski definition) is 5. The van der Waals surface area contributed by atoms with Crippen molar-refractivity contribution < 1.29 is 23.8 Å². The van der Waals surface area contributed by atoms with Crippen LogP contribution in [0, 0.1) is 0 Å². The van der Waals surface area contributed by atoms with Crippen molar-refractivity contribution in [3.05, 3.63) is 48.6 Å². The van der Waals surface area contributed by atoms with Gasteiger partial charge in [0, 0.05) is 6.54 Å². The Hall–Kier alpha value is -2.54. The van der Waals surface area contributed by atoms with Crippen LogP contribution in [0.4, 0.5) is 9.59 Å². The van der Waals surface area contributed by atoms with Gasteiger partial charge in [-0.25, -0.2) is 9.59 Å². The molecule has 1 fully saturated rings. The summed E-state index contributed by atoms with van der Waals surface area (Å²) in [5.41, 5.74) is 0.307. The molecule has 1 N–H and O–H groups in total. The fourth-order valence-corrected chi connectivity index (χ4v) is 2.69. The largest absolute Gasteiger partial charge is 0.445 e. The first-order chi connectivity index (χ1) is 12.8. The zero-order valence-corrected chi connectivity index (χ0v) is 16.1. The molecule has 0 bridgehead atoms. The average Bonchev–Trinajstić information content (AvgIpc) is 2.99. The molecule has 7 heteroatoms. The molecule has 2 amide bonds. The van der Waals surface area contributed by atoms with Crippen molar-refractivity contribution in [1.82, 2.24) is 10.2 Å². The van der Waals surface area contributed by atoms with Crippen LogP contribution in [0.1, 0.15) is 26.3 Å². The summed E-state index contributed by atoms with van der Waals surface area (Å²) >= 11 is 0. The Kier molecular flexibility index (Phi) is 7.24. The maximum Gasteiger partial charge on any atom is 0.410 e. The second kappa shape index (κ2) is 9.41. The van der Waals surface area contributed by atoms with Crippen molar-refractivity contribution in [1.29, 1.82) is 0 Å². The molecule has 2 atom stereocenters. The molecule has 1 aliphatic rings. The van der Waals surface area contributed by atoms with Gasteiger partial charge in [-0.1, -0.05) is 36.4 Å². The standard InChI is InChI=1S/C20H28N2O5/c1-5-11-25-17-13-22(12-16(17)21-18(23)27-20(2,3)4)19(24)26-14-15-9-7-6-8-10-15/h5-10,16-17H,1,11-14H2,2-4H3,(H,21,23)/t16-,17-/m0/s1. The molecule has 0 saturated carbocycles. The molecule has 0 radical (unpaired) electrons. The molecule has 1 aliphatic heterocycles. The Balaban J connectivity index is 1.92. The first kappa shape index (κ1) is 20.8. The quantitative estimate of drug-likeness (QED) is 0.772. The maximum atomic E-state index is 12.4. The summed E-state index contributed by atoms with van der Waals surface area (Å²) in [5.74, 6) is 0. The van der Waals surface area contributed by atoms with Gasteiger partial charge < -0.3 is 24.4 Å². The average molecular weight is 376 g/mol. The maximum absolute atomic E-state index is 12.4. The van der Waals surface area contributed by atoms with E-state index >= 15 is 0 Å². The molecule has 7 nitrogen and oxygen atoms in total. The lowest BCUT2D eigenvalue weighted by Crippen LogP contribution is -2.46. The SMILES string of the molecule is C=CCO[C@H]1CN(C(=O)OCc2ccccc2)C[C@@H]1NC(=O)OC(C)(C)C. The predicted molar refractivity (Wildman–Crippen MR) is 101 cm³/mol. The monoisotopic (exact) mass is 376 g/mol. The van der Waals surface area contributed by atoms with E-state index in [4.69, 9.17) is 14.2 Å². The molecular weight excluding hydrogens is 348 g/mol. The second-order valence-corrected chi connectivity index (χ2v) is 7.36. The number of likely N-dealkylation sites (tertiary alicyclic amines) is 1. The van der Waals surface area contributed by atoms with Crippen molar-refractivity contribution in [2.24, 2.45) is 0 Å². The third-order valence-electron chi connectivity index (χ3n) is 3.86. The van der Waals surface area contributed by atoms with Gasteiger partial charge in [0.05, 0.1) is 25.3 Å². The number of carbonyl (C=O) groups is 2. The summed E-state index contributed by atoms with van der Waals surface area (Å²) in [6, 6.07) is 9.07. The van der Waals surface area contributed by atoms with Crippen LogP contribution in [0.15, 0.2) is 43.0 Å². The molecule has 0 spiro atoms. The van der Waals surface area contributed by atoms with E-state index in [9.17, 15) is 9.59 Å². The van der Waals surface area contributed by atoms with Gasteiger partial charge in [0.25, 0.3) is 0 Å². The molecule has 2 rings (SSSR count).